The van der Waals surface area contributed by atoms with E-state index < -0.39 is 0 Å². The highest BCUT2D eigenvalue weighted by Gasteiger charge is 2.21. The van der Waals surface area contributed by atoms with E-state index in [0.29, 0.717) is 12.0 Å². The molecule has 0 bridgehead atoms. The van der Waals surface area contributed by atoms with Crippen molar-refractivity contribution in [3.8, 4) is 0 Å². The fourth-order valence-electron chi connectivity index (χ4n) is 1.95. The van der Waals surface area contributed by atoms with Crippen molar-refractivity contribution in [2.24, 2.45) is 5.92 Å². The van der Waals surface area contributed by atoms with Crippen molar-refractivity contribution < 1.29 is 5.11 Å². The van der Waals surface area contributed by atoms with Crippen LogP contribution >= 0.6 is 0 Å². The number of nitrogens with zero attached hydrogens (tertiary/aromatic N) is 1. The van der Waals surface area contributed by atoms with Crippen molar-refractivity contribution in [3.63, 3.8) is 0 Å². The second-order valence-electron chi connectivity index (χ2n) is 4.13. The van der Waals surface area contributed by atoms with E-state index in [2.05, 4.69) is 24.1 Å². The molecule has 0 spiro atoms. The van der Waals surface area contributed by atoms with E-state index in [9.17, 15) is 5.11 Å². The summed E-state index contributed by atoms with van der Waals surface area (Å²) in [4.78, 5) is 2.41. The zero-order valence-corrected chi connectivity index (χ0v) is 8.79. The fraction of sp³-hybridized carbons (Fsp3) is 1.00. The van der Waals surface area contributed by atoms with Crippen LogP contribution in [0.25, 0.3) is 0 Å². The first-order chi connectivity index (χ1) is 6.25. The van der Waals surface area contributed by atoms with Gasteiger partial charge in [-0.25, -0.2) is 0 Å². The molecule has 1 atom stereocenters. The minimum absolute atomic E-state index is 0.289. The molecule has 3 heteroatoms. The van der Waals surface area contributed by atoms with Crippen molar-refractivity contribution in [3.05, 3.63) is 0 Å². The van der Waals surface area contributed by atoms with Gasteiger partial charge >= 0.3 is 0 Å². The zero-order valence-electron chi connectivity index (χ0n) is 8.79. The van der Waals surface area contributed by atoms with Gasteiger partial charge in [0.2, 0.25) is 0 Å². The molecular formula is C10H22N2O. The van der Waals surface area contributed by atoms with Crippen LogP contribution in [0.4, 0.5) is 0 Å². The summed E-state index contributed by atoms with van der Waals surface area (Å²) in [6.07, 6.45) is 1.20. The maximum Gasteiger partial charge on any atom is 0.0589 e. The molecule has 0 aromatic heterocycles. The van der Waals surface area contributed by atoms with Crippen molar-refractivity contribution in [2.45, 2.75) is 26.3 Å². The lowest BCUT2D eigenvalue weighted by atomic mass is 10.0. The molecule has 0 aliphatic carbocycles. The molecule has 1 unspecified atom stereocenters. The minimum atomic E-state index is 0.289. The normalized spacial score (nSPS) is 23.1. The smallest absolute Gasteiger partial charge is 0.0589 e. The Hall–Kier alpha value is -0.120. The van der Waals surface area contributed by atoms with E-state index in [1.165, 1.54) is 6.42 Å². The predicted molar refractivity (Wildman–Crippen MR) is 54.8 cm³/mol. The van der Waals surface area contributed by atoms with Gasteiger partial charge in [-0.3, -0.25) is 4.90 Å². The van der Waals surface area contributed by atoms with Crippen LogP contribution in [0.1, 0.15) is 20.3 Å². The van der Waals surface area contributed by atoms with Crippen LogP contribution in [0.3, 0.4) is 0 Å². The number of rotatable bonds is 3. The molecule has 1 aliphatic heterocycles. The lowest BCUT2D eigenvalue weighted by molar-refractivity contribution is 0.0965. The quantitative estimate of drug-likeness (QED) is 0.665. The minimum Gasteiger partial charge on any atom is -0.395 e. The van der Waals surface area contributed by atoms with Crippen LogP contribution in [0.15, 0.2) is 0 Å². The molecule has 1 aliphatic rings. The molecule has 0 amide bonds. The highest BCUT2D eigenvalue weighted by Crippen LogP contribution is 2.11. The maximum absolute atomic E-state index is 9.28. The van der Waals surface area contributed by atoms with Crippen LogP contribution in [-0.2, 0) is 0 Å². The molecule has 3 nitrogen and oxygen atoms in total. The van der Waals surface area contributed by atoms with Gasteiger partial charge in [-0.2, -0.15) is 0 Å². The Labute approximate surface area is 81.1 Å². The van der Waals surface area contributed by atoms with Crippen molar-refractivity contribution in [1.29, 1.82) is 0 Å². The molecule has 1 heterocycles. The highest BCUT2D eigenvalue weighted by molar-refractivity contribution is 4.76. The summed E-state index contributed by atoms with van der Waals surface area (Å²) in [5, 5.41) is 12.7. The van der Waals surface area contributed by atoms with Crippen LogP contribution in [0.5, 0.6) is 0 Å². The summed E-state index contributed by atoms with van der Waals surface area (Å²) in [6, 6.07) is 0.347. The van der Waals surface area contributed by atoms with Gasteiger partial charge in [-0.05, 0) is 25.4 Å². The molecule has 78 valence electrons. The Balaban J connectivity index is 2.45. The molecular weight excluding hydrogens is 164 g/mol. The lowest BCUT2D eigenvalue weighted by Crippen LogP contribution is -2.43. The Bertz CT molecular complexity index is 131. The number of aliphatic hydroxyl groups excluding tert-OH is 1. The van der Waals surface area contributed by atoms with Gasteiger partial charge in [-0.15, -0.1) is 0 Å². The highest BCUT2D eigenvalue weighted by atomic mass is 16.3. The standard InChI is InChI=1S/C10H22N2O/c1-9(2)10(8-13)12-6-3-4-11-5-7-12/h9-11,13H,3-8H2,1-2H3. The Morgan fingerprint density at radius 1 is 1.31 bits per heavy atom. The Morgan fingerprint density at radius 2 is 2.08 bits per heavy atom. The van der Waals surface area contributed by atoms with Crippen molar-refractivity contribution in [2.75, 3.05) is 32.8 Å². The van der Waals surface area contributed by atoms with Gasteiger partial charge in [0.05, 0.1) is 6.61 Å². The molecule has 0 radical (unpaired) electrons. The number of aliphatic hydroxyl groups is 1. The maximum atomic E-state index is 9.28. The largest absolute Gasteiger partial charge is 0.395 e. The summed E-state index contributed by atoms with van der Waals surface area (Å²) in [6.45, 7) is 9.02. The van der Waals surface area contributed by atoms with Crippen molar-refractivity contribution >= 4 is 0 Å². The Morgan fingerprint density at radius 3 is 2.69 bits per heavy atom. The van der Waals surface area contributed by atoms with E-state index in [-0.39, 0.29) is 6.61 Å². The van der Waals surface area contributed by atoms with Crippen LogP contribution in [-0.4, -0.2) is 48.8 Å². The van der Waals surface area contributed by atoms with Crippen LogP contribution in [0.2, 0.25) is 0 Å². The molecule has 0 aromatic rings. The fourth-order valence-corrected chi connectivity index (χ4v) is 1.95. The van der Waals surface area contributed by atoms with Gasteiger partial charge in [0.25, 0.3) is 0 Å². The summed E-state index contributed by atoms with van der Waals surface area (Å²) < 4.78 is 0. The number of nitrogens with one attached hydrogen (secondary N) is 1. The Kier molecular flexibility index (Phi) is 4.70. The predicted octanol–water partition coefficient (Wildman–Crippen LogP) is 0.299. The second kappa shape index (κ2) is 5.58. The molecule has 13 heavy (non-hydrogen) atoms. The first-order valence-corrected chi connectivity index (χ1v) is 5.31. The summed E-state index contributed by atoms with van der Waals surface area (Å²) in [5.41, 5.74) is 0. The first-order valence-electron chi connectivity index (χ1n) is 5.31. The van der Waals surface area contributed by atoms with Gasteiger partial charge in [0.1, 0.15) is 0 Å². The average molecular weight is 186 g/mol. The summed E-state index contributed by atoms with van der Waals surface area (Å²) in [5.74, 6) is 0.545. The first kappa shape index (κ1) is 11.0. The molecule has 0 saturated carbocycles. The van der Waals surface area contributed by atoms with Gasteiger partial charge in [0, 0.05) is 19.1 Å². The summed E-state index contributed by atoms with van der Waals surface area (Å²) in [7, 11) is 0. The third kappa shape index (κ3) is 3.25. The van der Waals surface area contributed by atoms with Crippen LogP contribution in [0, 0.1) is 5.92 Å². The average Bonchev–Trinajstić information content (AvgIpc) is 2.33. The lowest BCUT2D eigenvalue weighted by Gasteiger charge is -2.31. The monoisotopic (exact) mass is 186 g/mol. The molecule has 2 N–H and O–H groups in total. The van der Waals surface area contributed by atoms with E-state index in [0.717, 1.165) is 26.2 Å². The van der Waals surface area contributed by atoms with Gasteiger partial charge < -0.3 is 10.4 Å². The van der Waals surface area contributed by atoms with Crippen LogP contribution < -0.4 is 5.32 Å². The molecule has 1 rings (SSSR count). The van der Waals surface area contributed by atoms with E-state index in [1.807, 2.05) is 0 Å². The summed E-state index contributed by atoms with van der Waals surface area (Å²) >= 11 is 0. The van der Waals surface area contributed by atoms with E-state index in [1.54, 1.807) is 0 Å². The van der Waals surface area contributed by atoms with Crippen molar-refractivity contribution in [1.82, 2.24) is 10.2 Å². The second-order valence-corrected chi connectivity index (χ2v) is 4.13. The van der Waals surface area contributed by atoms with E-state index >= 15 is 0 Å². The van der Waals surface area contributed by atoms with E-state index in [4.69, 9.17) is 0 Å². The molecule has 1 saturated heterocycles. The zero-order chi connectivity index (χ0) is 9.68. The van der Waals surface area contributed by atoms with Gasteiger partial charge in [-0.1, -0.05) is 13.8 Å². The third-order valence-corrected chi connectivity index (χ3v) is 2.80. The number of hydrogen-bond acceptors (Lipinski definition) is 3. The third-order valence-electron chi connectivity index (χ3n) is 2.80. The molecule has 1 fully saturated rings. The molecule has 0 aromatic carbocycles. The SMILES string of the molecule is CC(C)C(CO)N1CCCNCC1. The number of hydrogen-bond donors (Lipinski definition) is 2. The topological polar surface area (TPSA) is 35.5 Å². The van der Waals surface area contributed by atoms with Gasteiger partial charge in [0.15, 0.2) is 0 Å².